The summed E-state index contributed by atoms with van der Waals surface area (Å²) < 4.78 is 43.3. The summed E-state index contributed by atoms with van der Waals surface area (Å²) in [4.78, 5) is 4.41. The average molecular weight is 469 g/mol. The molecule has 1 aromatic carbocycles. The van der Waals surface area contributed by atoms with Crippen LogP contribution in [0.3, 0.4) is 0 Å². The van der Waals surface area contributed by atoms with Gasteiger partial charge in [-0.25, -0.2) is 18.1 Å². The lowest BCUT2D eigenvalue weighted by molar-refractivity contribution is -0.0948. The summed E-state index contributed by atoms with van der Waals surface area (Å²) in [5.41, 5.74) is 1.65. The number of methoxy groups -OCH3 is 1. The van der Waals surface area contributed by atoms with E-state index in [1.807, 2.05) is 18.2 Å². The Morgan fingerprint density at radius 3 is 2.76 bits per heavy atom. The summed E-state index contributed by atoms with van der Waals surface area (Å²) in [7, 11) is -0.419. The number of hydrogen-bond donors (Lipinski definition) is 1. The second-order valence-corrected chi connectivity index (χ2v) is 9.63. The van der Waals surface area contributed by atoms with Gasteiger partial charge in [-0.2, -0.15) is 10.2 Å². The van der Waals surface area contributed by atoms with Crippen LogP contribution in [0.25, 0.3) is 16.7 Å². The molecule has 5 rings (SSSR count). The molecule has 1 saturated heterocycles. The SMILES string of the molecule is COC1(c2ccnc(-n3cc(S(=O)(=O)Nc4cccc5cnn(C)c45)cn3)c2)CCOCC1. The molecule has 11 heteroatoms. The van der Waals surface area contributed by atoms with Crippen molar-refractivity contribution in [3.63, 3.8) is 0 Å². The molecule has 4 heterocycles. The van der Waals surface area contributed by atoms with Gasteiger partial charge in [0.1, 0.15) is 4.90 Å². The third kappa shape index (κ3) is 3.88. The third-order valence-electron chi connectivity index (χ3n) is 6.07. The number of nitrogens with one attached hydrogen (secondary N) is 1. The summed E-state index contributed by atoms with van der Waals surface area (Å²) in [6, 6.07) is 9.15. The molecular formula is C22H24N6O4S. The zero-order valence-corrected chi connectivity index (χ0v) is 19.1. The second kappa shape index (κ2) is 8.25. The number of ether oxygens (including phenoxy) is 2. The first-order valence-electron chi connectivity index (χ1n) is 10.5. The number of aryl methyl sites for hydroxylation is 1. The van der Waals surface area contributed by atoms with E-state index >= 15 is 0 Å². The fourth-order valence-corrected chi connectivity index (χ4v) is 5.23. The predicted octanol–water partition coefficient (Wildman–Crippen LogP) is 2.61. The molecule has 1 N–H and O–H groups in total. The minimum Gasteiger partial charge on any atom is -0.381 e. The number of pyridine rings is 1. The maximum absolute atomic E-state index is 13.1. The van der Waals surface area contributed by atoms with Gasteiger partial charge in [0.2, 0.25) is 0 Å². The molecule has 1 aliphatic heterocycles. The number of sulfonamides is 1. The Bertz CT molecular complexity index is 1410. The van der Waals surface area contributed by atoms with Crippen LogP contribution in [0.4, 0.5) is 5.69 Å². The summed E-state index contributed by atoms with van der Waals surface area (Å²) in [5.74, 6) is 0.505. The fraction of sp³-hybridized carbons (Fsp3) is 0.318. The van der Waals surface area contributed by atoms with Crippen molar-refractivity contribution in [2.24, 2.45) is 7.05 Å². The van der Waals surface area contributed by atoms with Crippen LogP contribution in [0.1, 0.15) is 18.4 Å². The van der Waals surface area contributed by atoms with Crippen molar-refractivity contribution in [2.45, 2.75) is 23.3 Å². The number of para-hydroxylation sites is 1. The molecule has 3 aromatic heterocycles. The Balaban J connectivity index is 1.45. The highest BCUT2D eigenvalue weighted by Crippen LogP contribution is 2.36. The van der Waals surface area contributed by atoms with Crippen LogP contribution in [-0.4, -0.2) is 53.3 Å². The van der Waals surface area contributed by atoms with Crippen molar-refractivity contribution >= 4 is 26.6 Å². The van der Waals surface area contributed by atoms with Crippen molar-refractivity contribution in [3.8, 4) is 5.82 Å². The molecule has 0 aliphatic carbocycles. The quantitative estimate of drug-likeness (QED) is 0.463. The number of anilines is 1. The highest BCUT2D eigenvalue weighted by molar-refractivity contribution is 7.92. The van der Waals surface area contributed by atoms with Gasteiger partial charge in [-0.05, 0) is 23.8 Å². The molecule has 10 nitrogen and oxygen atoms in total. The van der Waals surface area contributed by atoms with Gasteiger partial charge in [-0.3, -0.25) is 9.40 Å². The molecule has 4 aromatic rings. The van der Waals surface area contributed by atoms with Gasteiger partial charge in [0.25, 0.3) is 10.0 Å². The molecule has 0 atom stereocenters. The number of benzene rings is 1. The standard InChI is InChI=1S/C22H24N6O4S/c1-27-21-16(13-24-27)4-3-5-19(21)26-33(29,30)18-14-25-28(15-18)20-12-17(6-9-23-20)22(31-2)7-10-32-11-8-22/h3-6,9,12-15,26H,7-8,10-11H2,1-2H3. The lowest BCUT2D eigenvalue weighted by Crippen LogP contribution is -2.35. The topological polar surface area (TPSA) is 113 Å². The number of rotatable bonds is 6. The zero-order chi connectivity index (χ0) is 23.1. The molecule has 0 unspecified atom stereocenters. The Labute approximate surface area is 191 Å². The van der Waals surface area contributed by atoms with Crippen molar-refractivity contribution in [2.75, 3.05) is 25.0 Å². The Morgan fingerprint density at radius 1 is 1.15 bits per heavy atom. The lowest BCUT2D eigenvalue weighted by atomic mass is 9.86. The molecule has 0 amide bonds. The lowest BCUT2D eigenvalue weighted by Gasteiger charge is -2.36. The van der Waals surface area contributed by atoms with E-state index < -0.39 is 15.6 Å². The van der Waals surface area contributed by atoms with Gasteiger partial charge < -0.3 is 9.47 Å². The number of aromatic nitrogens is 5. The Hall–Kier alpha value is -3.28. The van der Waals surface area contributed by atoms with Crippen LogP contribution in [0.5, 0.6) is 0 Å². The first-order chi connectivity index (χ1) is 15.9. The maximum atomic E-state index is 13.1. The van der Waals surface area contributed by atoms with Crippen LogP contribution in [0.2, 0.25) is 0 Å². The van der Waals surface area contributed by atoms with Crippen LogP contribution in [0.15, 0.2) is 60.0 Å². The van der Waals surface area contributed by atoms with Gasteiger partial charge in [0, 0.05) is 51.8 Å². The van der Waals surface area contributed by atoms with Crippen molar-refractivity contribution in [3.05, 3.63) is 60.7 Å². The van der Waals surface area contributed by atoms with Gasteiger partial charge in [0.05, 0.1) is 35.4 Å². The first kappa shape index (κ1) is 21.6. The monoisotopic (exact) mass is 468 g/mol. The molecule has 0 saturated carbocycles. The van der Waals surface area contributed by atoms with Gasteiger partial charge in [-0.1, -0.05) is 12.1 Å². The van der Waals surface area contributed by atoms with Crippen molar-refractivity contribution < 1.29 is 17.9 Å². The van der Waals surface area contributed by atoms with E-state index in [1.165, 1.54) is 17.1 Å². The van der Waals surface area contributed by atoms with Crippen LogP contribution in [0, 0.1) is 0 Å². The van der Waals surface area contributed by atoms with E-state index in [-0.39, 0.29) is 4.90 Å². The van der Waals surface area contributed by atoms with Crippen LogP contribution < -0.4 is 4.72 Å². The predicted molar refractivity (Wildman–Crippen MR) is 122 cm³/mol. The van der Waals surface area contributed by atoms with E-state index in [4.69, 9.17) is 9.47 Å². The molecule has 33 heavy (non-hydrogen) atoms. The minimum atomic E-state index is -3.88. The fourth-order valence-electron chi connectivity index (χ4n) is 4.23. The molecule has 172 valence electrons. The number of fused-ring (bicyclic) bond motifs is 1. The molecular weight excluding hydrogens is 444 g/mol. The largest absolute Gasteiger partial charge is 0.381 e. The van der Waals surface area contributed by atoms with Crippen LogP contribution >= 0.6 is 0 Å². The summed E-state index contributed by atoms with van der Waals surface area (Å²) in [6.45, 7) is 1.23. The van der Waals surface area contributed by atoms with Gasteiger partial charge in [-0.15, -0.1) is 0 Å². The highest BCUT2D eigenvalue weighted by atomic mass is 32.2. The van der Waals surface area contributed by atoms with E-state index in [1.54, 1.807) is 43.4 Å². The molecule has 0 radical (unpaired) electrons. The van der Waals surface area contributed by atoms with Crippen molar-refractivity contribution in [1.29, 1.82) is 0 Å². The van der Waals surface area contributed by atoms with E-state index in [0.29, 0.717) is 30.2 Å². The summed E-state index contributed by atoms with van der Waals surface area (Å²) in [5, 5.41) is 9.29. The van der Waals surface area contributed by atoms with E-state index in [2.05, 4.69) is 19.9 Å². The van der Waals surface area contributed by atoms with E-state index in [9.17, 15) is 8.42 Å². The van der Waals surface area contributed by atoms with E-state index in [0.717, 1.165) is 23.8 Å². The average Bonchev–Trinajstić information content (AvgIpc) is 3.48. The normalized spacial score (nSPS) is 16.2. The van der Waals surface area contributed by atoms with Crippen LogP contribution in [-0.2, 0) is 32.1 Å². The molecule has 1 fully saturated rings. The molecule has 0 spiro atoms. The zero-order valence-electron chi connectivity index (χ0n) is 18.3. The number of nitrogens with zero attached hydrogens (tertiary/aromatic N) is 5. The molecule has 1 aliphatic rings. The molecule has 0 bridgehead atoms. The summed E-state index contributed by atoms with van der Waals surface area (Å²) in [6.07, 6.45) is 7.58. The Morgan fingerprint density at radius 2 is 1.97 bits per heavy atom. The smallest absolute Gasteiger partial charge is 0.265 e. The number of hydrogen-bond acceptors (Lipinski definition) is 7. The maximum Gasteiger partial charge on any atom is 0.265 e. The van der Waals surface area contributed by atoms with Crippen molar-refractivity contribution in [1.82, 2.24) is 24.5 Å². The minimum absolute atomic E-state index is 0.0291. The van der Waals surface area contributed by atoms with Gasteiger partial charge >= 0.3 is 0 Å². The third-order valence-corrected chi connectivity index (χ3v) is 7.39. The Kier molecular flexibility index (Phi) is 5.39. The van der Waals surface area contributed by atoms with Gasteiger partial charge in [0.15, 0.2) is 5.82 Å². The first-order valence-corrected chi connectivity index (χ1v) is 12.0. The second-order valence-electron chi connectivity index (χ2n) is 7.95. The highest BCUT2D eigenvalue weighted by Gasteiger charge is 2.35. The summed E-state index contributed by atoms with van der Waals surface area (Å²) >= 11 is 0.